The van der Waals surface area contributed by atoms with Crippen LogP contribution in [0.15, 0.2) is 47.4 Å². The van der Waals surface area contributed by atoms with Gasteiger partial charge in [0.1, 0.15) is 11.3 Å². The molecular weight excluding hydrogens is 435 g/mol. The number of hydrogen-bond donors (Lipinski definition) is 0. The van der Waals surface area contributed by atoms with Crippen molar-refractivity contribution in [1.82, 2.24) is 24.2 Å². The summed E-state index contributed by atoms with van der Waals surface area (Å²) in [5.41, 5.74) is 2.09. The lowest BCUT2D eigenvalue weighted by Crippen LogP contribution is -2.49. The van der Waals surface area contributed by atoms with Crippen molar-refractivity contribution in [3.63, 3.8) is 0 Å². The fourth-order valence-electron chi connectivity index (χ4n) is 3.71. The van der Waals surface area contributed by atoms with Crippen molar-refractivity contribution in [2.24, 2.45) is 0 Å². The van der Waals surface area contributed by atoms with E-state index in [-0.39, 0.29) is 23.0 Å². The van der Waals surface area contributed by atoms with Crippen LogP contribution in [0.3, 0.4) is 0 Å². The molecule has 4 rings (SSSR count). The Kier molecular flexibility index (Phi) is 6.11. The Morgan fingerprint density at radius 1 is 1.06 bits per heavy atom. The number of rotatable bonds is 6. The van der Waals surface area contributed by atoms with Crippen LogP contribution in [-0.4, -0.2) is 78.8 Å². The van der Waals surface area contributed by atoms with Crippen molar-refractivity contribution >= 4 is 32.7 Å². The number of anilines is 1. The number of fused-ring (bicyclic) bond motifs is 1. The van der Waals surface area contributed by atoms with Gasteiger partial charge in [0.2, 0.25) is 15.9 Å². The monoisotopic (exact) mass is 460 g/mol. The molecule has 1 aromatic heterocycles. The molecule has 1 aliphatic rings. The summed E-state index contributed by atoms with van der Waals surface area (Å²) in [4.78, 5) is 16.8. The zero-order valence-electron chi connectivity index (χ0n) is 18.0. The zero-order chi connectivity index (χ0) is 22.9. The Balaban J connectivity index is 1.35. The van der Waals surface area contributed by atoms with Gasteiger partial charge in [0.15, 0.2) is 0 Å². The number of benzene rings is 2. The molecule has 1 aliphatic heterocycles. The summed E-state index contributed by atoms with van der Waals surface area (Å²) >= 11 is 0. The van der Waals surface area contributed by atoms with Crippen molar-refractivity contribution in [2.75, 3.05) is 45.2 Å². The summed E-state index contributed by atoms with van der Waals surface area (Å²) < 4.78 is 40.5. The summed E-state index contributed by atoms with van der Waals surface area (Å²) in [5.74, 6) is -0.238. The molecule has 2 aromatic carbocycles. The highest BCUT2D eigenvalue weighted by Crippen LogP contribution is 2.20. The van der Waals surface area contributed by atoms with Gasteiger partial charge in [0, 0.05) is 52.4 Å². The first-order valence-electron chi connectivity index (χ1n) is 10.3. The highest BCUT2D eigenvalue weighted by molar-refractivity contribution is 7.89. The topological polar surface area (TPSA) is 91.6 Å². The molecule has 0 saturated carbocycles. The normalized spacial score (nSPS) is 15.0. The van der Waals surface area contributed by atoms with Crippen LogP contribution in [0.25, 0.3) is 11.0 Å². The molecule has 0 radical (unpaired) electrons. The van der Waals surface area contributed by atoms with Crippen LogP contribution in [0, 0.1) is 5.82 Å². The smallest absolute Gasteiger partial charge is 0.242 e. The maximum atomic E-state index is 13.1. The molecule has 0 bridgehead atoms. The second kappa shape index (κ2) is 8.83. The summed E-state index contributed by atoms with van der Waals surface area (Å²) in [5, 5.41) is 8.15. The molecule has 1 fully saturated rings. The quantitative estimate of drug-likeness (QED) is 0.555. The summed E-state index contributed by atoms with van der Waals surface area (Å²) in [6.45, 7) is 2.92. The van der Waals surface area contributed by atoms with Crippen molar-refractivity contribution in [1.29, 1.82) is 0 Å². The highest BCUT2D eigenvalue weighted by Gasteiger charge is 2.22. The zero-order valence-corrected chi connectivity index (χ0v) is 18.8. The lowest BCUT2D eigenvalue weighted by atomic mass is 10.2. The number of piperazine rings is 1. The molecule has 32 heavy (non-hydrogen) atoms. The summed E-state index contributed by atoms with van der Waals surface area (Å²) in [6.07, 6.45) is 0.271. The second-order valence-electron chi connectivity index (χ2n) is 7.84. The van der Waals surface area contributed by atoms with E-state index >= 15 is 0 Å². The number of hydrogen-bond acceptors (Lipinski definition) is 6. The van der Waals surface area contributed by atoms with E-state index in [4.69, 9.17) is 0 Å². The van der Waals surface area contributed by atoms with Crippen LogP contribution in [0.2, 0.25) is 0 Å². The van der Waals surface area contributed by atoms with Crippen molar-refractivity contribution in [2.45, 2.75) is 17.9 Å². The molecule has 0 unspecified atom stereocenters. The molecule has 0 atom stereocenters. The van der Waals surface area contributed by atoms with Gasteiger partial charge >= 0.3 is 0 Å². The first kappa shape index (κ1) is 22.2. The van der Waals surface area contributed by atoms with Gasteiger partial charge in [-0.05, 0) is 42.5 Å². The van der Waals surface area contributed by atoms with E-state index in [9.17, 15) is 17.6 Å². The lowest BCUT2D eigenvalue weighted by molar-refractivity contribution is -0.131. The second-order valence-corrected chi connectivity index (χ2v) is 10.00. The van der Waals surface area contributed by atoms with Gasteiger partial charge in [0.05, 0.1) is 17.0 Å². The number of carbonyl (C=O) groups excluding carboxylic acids is 1. The largest absolute Gasteiger partial charge is 0.368 e. The van der Waals surface area contributed by atoms with Crippen LogP contribution >= 0.6 is 0 Å². The van der Waals surface area contributed by atoms with E-state index in [1.807, 2.05) is 4.90 Å². The number of aromatic nitrogens is 3. The van der Waals surface area contributed by atoms with E-state index in [2.05, 4.69) is 15.2 Å². The van der Waals surface area contributed by atoms with Crippen LogP contribution in [0.4, 0.5) is 10.1 Å². The molecule has 1 saturated heterocycles. The number of sulfonamides is 1. The number of halogens is 1. The van der Waals surface area contributed by atoms with Crippen LogP contribution < -0.4 is 4.90 Å². The number of carbonyl (C=O) groups is 1. The van der Waals surface area contributed by atoms with E-state index in [1.54, 1.807) is 22.9 Å². The van der Waals surface area contributed by atoms with Gasteiger partial charge < -0.3 is 9.80 Å². The molecular formula is C21H25FN6O3S. The minimum Gasteiger partial charge on any atom is -0.368 e. The molecule has 3 aromatic rings. The van der Waals surface area contributed by atoms with Crippen molar-refractivity contribution in [3.8, 4) is 0 Å². The lowest BCUT2D eigenvalue weighted by Gasteiger charge is -2.36. The summed E-state index contributed by atoms with van der Waals surface area (Å²) in [6, 6.07) is 11.0. The minimum absolute atomic E-state index is 0.0270. The average molecular weight is 461 g/mol. The van der Waals surface area contributed by atoms with Gasteiger partial charge in [-0.3, -0.25) is 4.79 Å². The maximum Gasteiger partial charge on any atom is 0.242 e. The fourth-order valence-corrected chi connectivity index (χ4v) is 4.64. The van der Waals surface area contributed by atoms with E-state index in [0.29, 0.717) is 43.8 Å². The molecule has 11 heteroatoms. The average Bonchev–Trinajstić information content (AvgIpc) is 3.20. The number of nitrogens with zero attached hydrogens (tertiary/aromatic N) is 6. The van der Waals surface area contributed by atoms with Crippen LogP contribution in [0.5, 0.6) is 0 Å². The third kappa shape index (κ3) is 4.44. The van der Waals surface area contributed by atoms with Gasteiger partial charge in [-0.1, -0.05) is 5.21 Å². The molecule has 1 amide bonds. The summed E-state index contributed by atoms with van der Waals surface area (Å²) in [7, 11) is -0.606. The minimum atomic E-state index is -3.55. The fraction of sp³-hybridized carbons (Fsp3) is 0.381. The molecule has 170 valence electrons. The van der Waals surface area contributed by atoms with E-state index < -0.39 is 10.0 Å². The number of amides is 1. The predicted molar refractivity (Wildman–Crippen MR) is 118 cm³/mol. The Labute approximate surface area is 186 Å². The predicted octanol–water partition coefficient (Wildman–Crippen LogP) is 1.56. The first-order valence-corrected chi connectivity index (χ1v) is 11.7. The van der Waals surface area contributed by atoms with Gasteiger partial charge in [0.25, 0.3) is 0 Å². The Hall–Kier alpha value is -3.05. The van der Waals surface area contributed by atoms with Gasteiger partial charge in [-0.2, -0.15) is 0 Å². The SMILES string of the molecule is CN(C)S(=O)(=O)c1ccc2c(c1)nnn2CCC(=O)N1CCN(c2ccc(F)cc2)CC1. The van der Waals surface area contributed by atoms with Gasteiger partial charge in [-0.25, -0.2) is 21.8 Å². The van der Waals surface area contributed by atoms with E-state index in [0.717, 1.165) is 9.99 Å². The number of aryl methyl sites for hydroxylation is 1. The standard InChI is InChI=1S/C21H25FN6O3S/c1-25(2)32(30,31)18-7-8-20-19(15-18)23-24-28(20)10-9-21(29)27-13-11-26(12-14-27)17-5-3-16(22)4-6-17/h3-8,15H,9-14H2,1-2H3. The molecule has 0 N–H and O–H groups in total. The molecule has 0 spiro atoms. The maximum absolute atomic E-state index is 13.1. The highest BCUT2D eigenvalue weighted by atomic mass is 32.2. The van der Waals surface area contributed by atoms with Crippen molar-refractivity contribution < 1.29 is 17.6 Å². The van der Waals surface area contributed by atoms with Gasteiger partial charge in [-0.15, -0.1) is 5.10 Å². The molecule has 9 nitrogen and oxygen atoms in total. The molecule has 2 heterocycles. The van der Waals surface area contributed by atoms with E-state index in [1.165, 1.54) is 38.4 Å². The van der Waals surface area contributed by atoms with Crippen molar-refractivity contribution in [3.05, 3.63) is 48.3 Å². The molecule has 0 aliphatic carbocycles. The van der Waals surface area contributed by atoms with Crippen LogP contribution in [-0.2, 0) is 21.4 Å². The van der Waals surface area contributed by atoms with Crippen LogP contribution in [0.1, 0.15) is 6.42 Å². The Bertz CT molecular complexity index is 1220. The first-order chi connectivity index (χ1) is 15.3. The Morgan fingerprint density at radius 3 is 2.41 bits per heavy atom. The third-order valence-corrected chi connectivity index (χ3v) is 7.44. The Morgan fingerprint density at radius 2 is 1.75 bits per heavy atom. The third-order valence-electron chi connectivity index (χ3n) is 5.63.